The predicted molar refractivity (Wildman–Crippen MR) is 150 cm³/mol. The summed E-state index contributed by atoms with van der Waals surface area (Å²) in [6.07, 6.45) is 1.00. The number of nitrogens with zero attached hydrogens (tertiary/aromatic N) is 5. The van der Waals surface area contributed by atoms with Gasteiger partial charge in [0.1, 0.15) is 20.6 Å². The van der Waals surface area contributed by atoms with Gasteiger partial charge in [-0.05, 0) is 24.3 Å². The molecule has 9 nitrogen and oxygen atoms in total. The van der Waals surface area contributed by atoms with E-state index in [1.807, 2.05) is 0 Å². The molecule has 4 aromatic rings. The third-order valence-electron chi connectivity index (χ3n) is 2.80. The number of aromatic hydroxyl groups is 4. The van der Waals surface area contributed by atoms with Crippen molar-refractivity contribution < 1.29 is 59.4 Å². The Morgan fingerprint density at radius 2 is 0.718 bits per heavy atom. The van der Waals surface area contributed by atoms with Crippen molar-refractivity contribution >= 4 is 52.6 Å². The maximum absolute atomic E-state index is 8.62. The van der Waals surface area contributed by atoms with Crippen LogP contribution in [0.4, 0.5) is 0 Å². The molecule has 0 atom stereocenters. The number of hydrogen-bond acceptors (Lipinski definition) is 8. The number of aromatic nitrogens is 4. The summed E-state index contributed by atoms with van der Waals surface area (Å²) < 4.78 is 0. The van der Waals surface area contributed by atoms with Crippen LogP contribution in [0.25, 0.3) is 5.41 Å². The first-order valence-electron chi connectivity index (χ1n) is 9.75. The van der Waals surface area contributed by atoms with E-state index in [2.05, 4.69) is 33.1 Å². The van der Waals surface area contributed by atoms with Crippen LogP contribution in [-0.2, 0) is 39.0 Å². The van der Waals surface area contributed by atoms with Crippen molar-refractivity contribution in [2.45, 2.75) is 6.92 Å². The van der Waals surface area contributed by atoms with Crippen LogP contribution in [0.2, 0.25) is 20.6 Å². The standard InChI is InChI=1S/4C5H4ClNO.C2H4N.C2H4.2Ru/c4*6-4-2-1-3-5(8)7-4;1-2-3;1-2;;/h4*1-3H,(H,7,8);2H,1H3;1-2H2;;/q;;;;-1;;;+1. The smallest absolute Gasteiger partial charge is 0.814 e. The van der Waals surface area contributed by atoms with Gasteiger partial charge >= 0.3 is 19.5 Å². The van der Waals surface area contributed by atoms with Crippen LogP contribution in [-0.4, -0.2) is 46.6 Å². The Bertz CT molecular complexity index is 941. The summed E-state index contributed by atoms with van der Waals surface area (Å²) in [5.74, 6) is -0.176. The number of pyridine rings is 4. The Hall–Kier alpha value is -2.38. The van der Waals surface area contributed by atoms with Crippen molar-refractivity contribution in [3.05, 3.63) is 112 Å². The van der Waals surface area contributed by atoms with Gasteiger partial charge in [-0.2, -0.15) is 0 Å². The van der Waals surface area contributed by atoms with Gasteiger partial charge in [0.05, 0.1) is 0 Å². The summed E-state index contributed by atoms with van der Waals surface area (Å²) in [7, 11) is 0. The first-order valence-corrected chi connectivity index (χ1v) is 11.3. The van der Waals surface area contributed by atoms with Crippen LogP contribution < -0.4 is 0 Å². The van der Waals surface area contributed by atoms with Crippen LogP contribution in [0.5, 0.6) is 23.5 Å². The molecule has 0 aromatic carbocycles. The van der Waals surface area contributed by atoms with Gasteiger partial charge < -0.3 is 25.8 Å². The zero-order chi connectivity index (χ0) is 28.6. The van der Waals surface area contributed by atoms with E-state index in [1.54, 1.807) is 55.5 Å². The zero-order valence-electron chi connectivity index (χ0n) is 20.2. The van der Waals surface area contributed by atoms with Gasteiger partial charge in [-0.1, -0.05) is 77.6 Å². The van der Waals surface area contributed by atoms with Crippen molar-refractivity contribution in [2.24, 2.45) is 0 Å². The van der Waals surface area contributed by atoms with E-state index in [4.69, 9.17) is 72.2 Å². The minimum Gasteiger partial charge on any atom is -0.814 e. The van der Waals surface area contributed by atoms with E-state index < -0.39 is 0 Å². The monoisotopic (exact) mass is 790 g/mol. The van der Waals surface area contributed by atoms with Gasteiger partial charge in [0.15, 0.2) is 0 Å². The number of hydrogen-bond donors (Lipinski definition) is 4. The fourth-order valence-electron chi connectivity index (χ4n) is 1.59. The molecule has 1 radical (unpaired) electrons. The molecule has 4 aromatic heterocycles. The molecule has 0 aliphatic carbocycles. The molecule has 0 unspecified atom stereocenters. The third kappa shape index (κ3) is 28.4. The van der Waals surface area contributed by atoms with Gasteiger partial charge in [0.2, 0.25) is 23.5 Å². The zero-order valence-corrected chi connectivity index (χ0v) is 26.7. The molecule has 0 aliphatic heterocycles. The van der Waals surface area contributed by atoms with Crippen LogP contribution >= 0.6 is 46.4 Å². The SMILES string of the molecule is C=C.CC=[N-].Oc1cccc(Cl)n1.Oc1cccc(Cl)n1.Oc1cccc(Cl)n1.Oc1cccc(Cl)n1.[Ru+].[Ru]. The molecule has 0 saturated heterocycles. The molecular weight excluding hydrogens is 766 g/mol. The molecule has 213 valence electrons. The molecule has 0 bridgehead atoms. The van der Waals surface area contributed by atoms with E-state index in [1.165, 1.54) is 24.3 Å². The second-order valence-corrected chi connectivity index (χ2v) is 7.08. The average molecular weight is 790 g/mol. The van der Waals surface area contributed by atoms with Crippen molar-refractivity contribution in [3.63, 3.8) is 0 Å². The van der Waals surface area contributed by atoms with E-state index in [0.717, 1.165) is 6.21 Å². The van der Waals surface area contributed by atoms with Crippen LogP contribution in [0.15, 0.2) is 86.0 Å². The number of rotatable bonds is 0. The Balaban J connectivity index is -0.000000195. The van der Waals surface area contributed by atoms with E-state index >= 15 is 0 Å². The molecule has 0 aliphatic rings. The Labute approximate surface area is 272 Å². The summed E-state index contributed by atoms with van der Waals surface area (Å²) in [5.41, 5.74) is 0. The first-order chi connectivity index (χ1) is 17.6. The molecule has 0 spiro atoms. The fourth-order valence-corrected chi connectivity index (χ4v) is 2.23. The molecular formula is C24H24Cl4N5O4Ru2. The quantitative estimate of drug-likeness (QED) is 0.0631. The second kappa shape index (κ2) is 28.6. The van der Waals surface area contributed by atoms with Gasteiger partial charge in [-0.3, -0.25) is 0 Å². The third-order valence-corrected chi connectivity index (χ3v) is 3.64. The first kappa shape index (κ1) is 43.7. The molecule has 0 fully saturated rings. The van der Waals surface area contributed by atoms with Crippen molar-refractivity contribution in [1.82, 2.24) is 19.9 Å². The Morgan fingerprint density at radius 3 is 0.795 bits per heavy atom. The second-order valence-electron chi connectivity index (χ2n) is 5.53. The molecule has 0 saturated carbocycles. The Morgan fingerprint density at radius 1 is 0.564 bits per heavy atom. The normalized spacial score (nSPS) is 7.92. The minimum atomic E-state index is -0.0440. The molecule has 15 heteroatoms. The average Bonchev–Trinajstić information content (AvgIpc) is 2.82. The van der Waals surface area contributed by atoms with E-state index in [-0.39, 0.29) is 62.5 Å². The summed E-state index contributed by atoms with van der Waals surface area (Å²) in [5, 5.41) is 43.2. The summed E-state index contributed by atoms with van der Waals surface area (Å²) in [6, 6.07) is 18.8. The van der Waals surface area contributed by atoms with Crippen LogP contribution in [0.1, 0.15) is 6.92 Å². The van der Waals surface area contributed by atoms with Gasteiger partial charge in [0.25, 0.3) is 0 Å². The van der Waals surface area contributed by atoms with E-state index in [9.17, 15) is 0 Å². The fraction of sp³-hybridized carbons (Fsp3) is 0.0417. The van der Waals surface area contributed by atoms with Crippen molar-refractivity contribution in [2.75, 3.05) is 0 Å². The summed E-state index contributed by atoms with van der Waals surface area (Å²) in [4.78, 5) is 14.0. The van der Waals surface area contributed by atoms with Crippen molar-refractivity contribution in [3.8, 4) is 23.5 Å². The van der Waals surface area contributed by atoms with Crippen LogP contribution in [0, 0.1) is 0 Å². The molecule has 4 rings (SSSR count). The van der Waals surface area contributed by atoms with E-state index in [0.29, 0.717) is 20.6 Å². The van der Waals surface area contributed by atoms with Crippen molar-refractivity contribution in [1.29, 1.82) is 0 Å². The van der Waals surface area contributed by atoms with Crippen LogP contribution in [0.3, 0.4) is 0 Å². The largest absolute Gasteiger partial charge is 1.00 e. The molecule has 39 heavy (non-hydrogen) atoms. The van der Waals surface area contributed by atoms with Gasteiger partial charge in [0, 0.05) is 43.7 Å². The minimum absolute atomic E-state index is 0. The molecule has 4 heterocycles. The maximum atomic E-state index is 8.62. The molecule has 0 amide bonds. The molecule has 4 N–H and O–H groups in total. The maximum Gasteiger partial charge on any atom is 1.00 e. The summed E-state index contributed by atoms with van der Waals surface area (Å²) >= 11 is 21.5. The Kier molecular flexibility index (Phi) is 32.0. The predicted octanol–water partition coefficient (Wildman–Crippen LogP) is 7.21. The topological polar surface area (TPSA) is 155 Å². The number of halogens is 4. The van der Waals surface area contributed by atoms with Gasteiger partial charge in [-0.25, -0.2) is 26.2 Å². The summed E-state index contributed by atoms with van der Waals surface area (Å²) in [6.45, 7) is 7.56. The van der Waals surface area contributed by atoms with Gasteiger partial charge in [-0.15, -0.1) is 13.2 Å².